The van der Waals surface area contributed by atoms with Crippen molar-refractivity contribution in [3.8, 4) is 17.3 Å². The van der Waals surface area contributed by atoms with Gasteiger partial charge >= 0.3 is 0 Å². The minimum absolute atomic E-state index is 0.128. The first-order valence-electron chi connectivity index (χ1n) is 9.41. The van der Waals surface area contributed by atoms with Crippen LogP contribution in [0.2, 0.25) is 0 Å². The van der Waals surface area contributed by atoms with Gasteiger partial charge < -0.3 is 10.2 Å². The number of aromatic amines is 1. The molecule has 1 aliphatic rings. The summed E-state index contributed by atoms with van der Waals surface area (Å²) in [5.41, 5.74) is 1.97. The molecule has 9 nitrogen and oxygen atoms in total. The molecule has 0 bridgehead atoms. The van der Waals surface area contributed by atoms with E-state index in [0.717, 1.165) is 11.3 Å². The lowest BCUT2D eigenvalue weighted by Gasteiger charge is -2.35. The molecule has 30 heavy (non-hydrogen) atoms. The summed E-state index contributed by atoms with van der Waals surface area (Å²) in [5, 5.41) is 9.67. The third kappa shape index (κ3) is 2.89. The number of rotatable bonds is 4. The maximum Gasteiger partial charge on any atom is 0.247 e. The average molecular weight is 404 g/mol. The minimum Gasteiger partial charge on any atom is -0.320 e. The summed E-state index contributed by atoms with van der Waals surface area (Å²) in [6.07, 6.45) is 8.89. The fraction of sp³-hybridized carbons (Fsp3) is 0.150. The fourth-order valence-corrected chi connectivity index (χ4v) is 3.56. The maximum absolute atomic E-state index is 13.3. The van der Waals surface area contributed by atoms with E-state index in [2.05, 4.69) is 25.5 Å². The highest BCUT2D eigenvalue weighted by Gasteiger charge is 2.35. The van der Waals surface area contributed by atoms with E-state index in [1.165, 1.54) is 12.1 Å². The molecule has 3 aromatic heterocycles. The Morgan fingerprint density at radius 2 is 2.00 bits per heavy atom. The van der Waals surface area contributed by atoms with Crippen molar-refractivity contribution in [2.75, 3.05) is 10.2 Å². The molecule has 150 valence electrons. The van der Waals surface area contributed by atoms with E-state index >= 15 is 0 Å². The summed E-state index contributed by atoms with van der Waals surface area (Å²) >= 11 is 0. The number of anilines is 3. The van der Waals surface area contributed by atoms with Gasteiger partial charge in [-0.1, -0.05) is 6.92 Å². The van der Waals surface area contributed by atoms with Crippen LogP contribution in [0.5, 0.6) is 0 Å². The number of carbonyl (C=O) groups excluding carboxylic acids is 1. The van der Waals surface area contributed by atoms with Crippen molar-refractivity contribution in [3.63, 3.8) is 0 Å². The van der Waals surface area contributed by atoms with Gasteiger partial charge in [-0.3, -0.25) is 14.5 Å². The third-order valence-electron chi connectivity index (χ3n) is 4.96. The zero-order valence-electron chi connectivity index (χ0n) is 16.0. The first-order chi connectivity index (χ1) is 14.7. The molecule has 0 saturated heterocycles. The third-order valence-corrected chi connectivity index (χ3v) is 4.96. The van der Waals surface area contributed by atoms with E-state index in [1.54, 1.807) is 47.7 Å². The van der Waals surface area contributed by atoms with Crippen LogP contribution in [-0.4, -0.2) is 41.7 Å². The van der Waals surface area contributed by atoms with Gasteiger partial charge in [0.2, 0.25) is 11.9 Å². The molecule has 0 radical (unpaired) electrons. The van der Waals surface area contributed by atoms with Gasteiger partial charge in [-0.15, -0.1) is 0 Å². The van der Waals surface area contributed by atoms with Crippen molar-refractivity contribution >= 4 is 23.1 Å². The Labute approximate surface area is 170 Å². The Bertz CT molecular complexity index is 1200. The van der Waals surface area contributed by atoms with E-state index in [4.69, 9.17) is 4.98 Å². The monoisotopic (exact) mass is 404 g/mol. The number of halogens is 1. The molecular formula is C20H17FN8O. The minimum atomic E-state index is -0.433. The number of nitrogens with one attached hydrogen (secondary N) is 2. The number of hydrogen-bond acceptors (Lipinski definition) is 6. The van der Waals surface area contributed by atoms with E-state index in [9.17, 15) is 9.18 Å². The highest BCUT2D eigenvalue weighted by atomic mass is 19.1. The number of benzene rings is 1. The topological polar surface area (TPSA) is 105 Å². The van der Waals surface area contributed by atoms with Crippen LogP contribution in [0.15, 0.2) is 55.2 Å². The number of hydrogen-bond donors (Lipinski definition) is 2. The normalized spacial score (nSPS) is 15.7. The van der Waals surface area contributed by atoms with Crippen LogP contribution in [0.25, 0.3) is 17.3 Å². The van der Waals surface area contributed by atoms with Crippen LogP contribution in [0, 0.1) is 5.82 Å². The Balaban J connectivity index is 1.63. The number of amides is 1. The van der Waals surface area contributed by atoms with Crippen LogP contribution in [-0.2, 0) is 4.79 Å². The average Bonchev–Trinajstić information content (AvgIpc) is 3.45. The molecule has 0 saturated carbocycles. The van der Waals surface area contributed by atoms with E-state index in [0.29, 0.717) is 29.7 Å². The molecule has 1 amide bonds. The predicted octanol–water partition coefficient (Wildman–Crippen LogP) is 3.06. The number of imidazole rings is 1. The van der Waals surface area contributed by atoms with E-state index < -0.39 is 6.04 Å². The molecule has 0 aliphatic carbocycles. The summed E-state index contributed by atoms with van der Waals surface area (Å²) in [6.45, 7) is 1.94. The zero-order valence-corrected chi connectivity index (χ0v) is 16.0. The van der Waals surface area contributed by atoms with Gasteiger partial charge in [-0.05, 0) is 30.7 Å². The van der Waals surface area contributed by atoms with Crippen molar-refractivity contribution in [2.24, 2.45) is 0 Å². The first kappa shape index (κ1) is 18.0. The second kappa shape index (κ2) is 7.07. The molecule has 5 rings (SSSR count). The summed E-state index contributed by atoms with van der Waals surface area (Å²) in [6, 6.07) is 5.63. The lowest BCUT2D eigenvalue weighted by Crippen LogP contribution is -2.45. The molecule has 4 heterocycles. The second-order valence-electron chi connectivity index (χ2n) is 6.77. The Hall–Kier alpha value is -4.08. The molecule has 4 aromatic rings. The first-order valence-corrected chi connectivity index (χ1v) is 9.41. The number of carbonyl (C=O) groups is 1. The Morgan fingerprint density at radius 1 is 1.17 bits per heavy atom. The van der Waals surface area contributed by atoms with Crippen LogP contribution < -0.4 is 10.2 Å². The molecule has 10 heteroatoms. The molecule has 1 atom stereocenters. The SMILES string of the molecule is CC[C@H]1C(=O)Nc2cnc(-n3ccnc3-c3ccc(F)cc3)nc2N1c1cn[nH]c1. The number of nitrogens with zero attached hydrogens (tertiary/aromatic N) is 6. The van der Waals surface area contributed by atoms with Crippen molar-refractivity contribution in [3.05, 3.63) is 61.1 Å². The number of H-pyrrole nitrogens is 1. The van der Waals surface area contributed by atoms with Gasteiger partial charge in [-0.25, -0.2) is 14.4 Å². The lowest BCUT2D eigenvalue weighted by atomic mass is 10.1. The van der Waals surface area contributed by atoms with Gasteiger partial charge in [0.25, 0.3) is 0 Å². The molecular weight excluding hydrogens is 387 g/mol. The van der Waals surface area contributed by atoms with Crippen molar-refractivity contribution < 1.29 is 9.18 Å². The highest BCUT2D eigenvalue weighted by Crippen LogP contribution is 2.37. The summed E-state index contributed by atoms with van der Waals surface area (Å²) < 4.78 is 15.0. The predicted molar refractivity (Wildman–Crippen MR) is 108 cm³/mol. The maximum atomic E-state index is 13.3. The number of aromatic nitrogens is 6. The van der Waals surface area contributed by atoms with Crippen LogP contribution in [0.4, 0.5) is 21.6 Å². The Kier molecular flexibility index (Phi) is 4.24. The largest absolute Gasteiger partial charge is 0.320 e. The molecule has 0 spiro atoms. The van der Waals surface area contributed by atoms with Crippen LogP contribution >= 0.6 is 0 Å². The van der Waals surface area contributed by atoms with Crippen LogP contribution in [0.3, 0.4) is 0 Å². The summed E-state index contributed by atoms with van der Waals surface area (Å²) in [7, 11) is 0. The molecule has 2 N–H and O–H groups in total. The highest BCUT2D eigenvalue weighted by molar-refractivity contribution is 6.04. The van der Waals surface area contributed by atoms with Gasteiger partial charge in [0, 0.05) is 24.2 Å². The van der Waals surface area contributed by atoms with E-state index in [-0.39, 0.29) is 11.7 Å². The molecule has 0 fully saturated rings. The quantitative estimate of drug-likeness (QED) is 0.542. The van der Waals surface area contributed by atoms with Gasteiger partial charge in [0.05, 0.1) is 18.1 Å². The summed E-state index contributed by atoms with van der Waals surface area (Å²) in [5.74, 6) is 1.07. The molecule has 0 unspecified atom stereocenters. The summed E-state index contributed by atoms with van der Waals surface area (Å²) in [4.78, 5) is 28.0. The van der Waals surface area contributed by atoms with Gasteiger partial charge in [0.1, 0.15) is 23.4 Å². The fourth-order valence-electron chi connectivity index (χ4n) is 3.56. The second-order valence-corrected chi connectivity index (χ2v) is 6.77. The number of fused-ring (bicyclic) bond motifs is 1. The van der Waals surface area contributed by atoms with Gasteiger partial charge in [-0.2, -0.15) is 10.1 Å². The lowest BCUT2D eigenvalue weighted by molar-refractivity contribution is -0.117. The molecule has 1 aromatic carbocycles. The molecule has 1 aliphatic heterocycles. The van der Waals surface area contributed by atoms with Crippen molar-refractivity contribution in [1.82, 2.24) is 29.7 Å². The smallest absolute Gasteiger partial charge is 0.247 e. The van der Waals surface area contributed by atoms with Gasteiger partial charge in [0.15, 0.2) is 5.82 Å². The zero-order chi connectivity index (χ0) is 20.7. The van der Waals surface area contributed by atoms with E-state index in [1.807, 2.05) is 11.8 Å². The standard InChI is InChI=1S/C20H17FN8O/c1-2-16-19(30)26-15-11-23-20(27-18(15)29(16)14-9-24-25-10-14)28-8-7-22-17(28)12-3-5-13(21)6-4-12/h3-11,16H,2H2,1H3,(H,24,25)(H,26,30)/t16-/m0/s1. The van der Waals surface area contributed by atoms with Crippen molar-refractivity contribution in [2.45, 2.75) is 19.4 Å². The van der Waals surface area contributed by atoms with Crippen molar-refractivity contribution in [1.29, 1.82) is 0 Å². The Morgan fingerprint density at radius 3 is 2.73 bits per heavy atom. The van der Waals surface area contributed by atoms with Crippen LogP contribution in [0.1, 0.15) is 13.3 Å².